The largest absolute Gasteiger partial charge is 0.253 e. The van der Waals surface area contributed by atoms with Crippen molar-refractivity contribution in [3.63, 3.8) is 0 Å². The van der Waals surface area contributed by atoms with E-state index >= 15 is 0 Å². The average molecular weight is 612 g/mol. The molecule has 1 heteroatoms. The molecule has 2 aliphatic rings. The van der Waals surface area contributed by atoms with E-state index in [0.717, 1.165) is 48.2 Å². The van der Waals surface area contributed by atoms with Crippen LogP contribution in [0.2, 0.25) is 0 Å². The van der Waals surface area contributed by atoms with E-state index in [1.54, 1.807) is 0 Å². The molecule has 1 nitrogen and oxygen atoms in total. The molecule has 0 N–H and O–H groups in total. The Labute approximate surface area is 281 Å². The predicted molar refractivity (Wildman–Crippen MR) is 203 cm³/mol. The molecular formula is C46H45N. The number of rotatable bonds is 10. The summed E-state index contributed by atoms with van der Waals surface area (Å²) in [6.07, 6.45) is 15.0. The van der Waals surface area contributed by atoms with Crippen LogP contribution in [0.4, 0.5) is 0 Å². The Hall–Kier alpha value is -5.01. The maximum absolute atomic E-state index is 5.00. The third-order valence-electron chi connectivity index (χ3n) is 10.00. The van der Waals surface area contributed by atoms with Crippen molar-refractivity contribution >= 4 is 11.3 Å². The Morgan fingerprint density at radius 2 is 1.55 bits per heavy atom. The van der Waals surface area contributed by atoms with Gasteiger partial charge in [-0.3, -0.25) is 4.99 Å². The SMILES string of the molecule is C=C/C(=C\CC1Cc2ccccc2-c2ccccc21)C(=C)N=C(C)c1cccc(/C(C)=C(\C)C2CC=CC=C2Cc2ccccc2)c1. The molecular weight excluding hydrogens is 567 g/mol. The van der Waals surface area contributed by atoms with Crippen LogP contribution in [-0.2, 0) is 12.8 Å². The first-order chi connectivity index (χ1) is 22.9. The van der Waals surface area contributed by atoms with Crippen molar-refractivity contribution in [1.29, 1.82) is 0 Å². The molecule has 0 aliphatic heterocycles. The van der Waals surface area contributed by atoms with Gasteiger partial charge in [0.25, 0.3) is 0 Å². The van der Waals surface area contributed by atoms with Crippen molar-refractivity contribution in [3.05, 3.63) is 197 Å². The average Bonchev–Trinajstić information content (AvgIpc) is 3.12. The Morgan fingerprint density at radius 1 is 0.830 bits per heavy atom. The zero-order valence-corrected chi connectivity index (χ0v) is 28.0. The van der Waals surface area contributed by atoms with Gasteiger partial charge in [0.15, 0.2) is 0 Å². The van der Waals surface area contributed by atoms with Gasteiger partial charge in [-0.15, -0.1) is 0 Å². The summed E-state index contributed by atoms with van der Waals surface area (Å²) in [5, 5.41) is 0. The fourth-order valence-corrected chi connectivity index (χ4v) is 7.17. The Morgan fingerprint density at radius 3 is 2.36 bits per heavy atom. The lowest BCUT2D eigenvalue weighted by atomic mass is 9.77. The van der Waals surface area contributed by atoms with Crippen LogP contribution in [0.25, 0.3) is 16.7 Å². The molecule has 0 radical (unpaired) electrons. The lowest BCUT2D eigenvalue weighted by Crippen LogP contribution is -2.11. The van der Waals surface area contributed by atoms with E-state index in [2.05, 4.69) is 161 Å². The molecule has 0 bridgehead atoms. The standard InChI is InChI=1S/C46H45N/c1-6-37(27-28-42-31-41-20-11-13-24-44(41)46-26-15-14-25-45(42)46)34(4)47-35(5)39-22-16-21-38(30-39)32(2)33(3)43-23-12-10-19-40(43)29-36-17-8-7-9-18-36/h6-22,24-27,30,42-43H,1,4,23,28-29,31H2,2-3,5H3/b33-32+,37-27+,47-35?. The van der Waals surface area contributed by atoms with Gasteiger partial charge in [0.1, 0.15) is 0 Å². The molecule has 4 aromatic carbocycles. The van der Waals surface area contributed by atoms with Crippen molar-refractivity contribution in [2.45, 2.75) is 52.4 Å². The van der Waals surface area contributed by atoms with Gasteiger partial charge in [-0.25, -0.2) is 0 Å². The molecule has 0 amide bonds. The minimum absolute atomic E-state index is 0.406. The van der Waals surface area contributed by atoms with Crippen molar-refractivity contribution in [3.8, 4) is 11.1 Å². The molecule has 234 valence electrons. The highest BCUT2D eigenvalue weighted by atomic mass is 14.8. The number of hydrogen-bond donors (Lipinski definition) is 0. The lowest BCUT2D eigenvalue weighted by Gasteiger charge is -2.27. The van der Waals surface area contributed by atoms with Gasteiger partial charge in [-0.05, 0) is 109 Å². The summed E-state index contributed by atoms with van der Waals surface area (Å²) in [7, 11) is 0. The monoisotopic (exact) mass is 611 g/mol. The number of fused-ring (bicyclic) bond motifs is 3. The van der Waals surface area contributed by atoms with E-state index in [1.807, 2.05) is 6.08 Å². The molecule has 0 heterocycles. The van der Waals surface area contributed by atoms with Crippen LogP contribution in [0.3, 0.4) is 0 Å². The molecule has 2 unspecified atom stereocenters. The molecule has 4 aromatic rings. The van der Waals surface area contributed by atoms with E-state index < -0.39 is 0 Å². The van der Waals surface area contributed by atoms with Gasteiger partial charge < -0.3 is 0 Å². The highest BCUT2D eigenvalue weighted by Gasteiger charge is 2.24. The maximum atomic E-state index is 5.00. The number of allylic oxidation sites excluding steroid dienone is 8. The zero-order valence-electron chi connectivity index (χ0n) is 28.0. The van der Waals surface area contributed by atoms with Crippen molar-refractivity contribution < 1.29 is 0 Å². The normalized spacial score (nSPS) is 18.1. The van der Waals surface area contributed by atoms with Crippen LogP contribution < -0.4 is 0 Å². The fraction of sp³-hybridized carbons (Fsp3) is 0.196. The zero-order chi connectivity index (χ0) is 32.8. The number of hydrogen-bond acceptors (Lipinski definition) is 1. The third-order valence-corrected chi connectivity index (χ3v) is 10.00. The summed E-state index contributed by atoms with van der Waals surface area (Å²) in [6.45, 7) is 15.1. The summed E-state index contributed by atoms with van der Waals surface area (Å²) >= 11 is 0. The summed E-state index contributed by atoms with van der Waals surface area (Å²) in [6, 6.07) is 37.2. The molecule has 2 atom stereocenters. The fourth-order valence-electron chi connectivity index (χ4n) is 7.17. The van der Waals surface area contributed by atoms with Gasteiger partial charge in [-0.2, -0.15) is 0 Å². The van der Waals surface area contributed by atoms with Crippen LogP contribution in [-0.4, -0.2) is 5.71 Å². The third kappa shape index (κ3) is 7.21. The van der Waals surface area contributed by atoms with Gasteiger partial charge in [0.05, 0.1) is 5.70 Å². The van der Waals surface area contributed by atoms with E-state index in [1.165, 1.54) is 50.1 Å². The molecule has 47 heavy (non-hydrogen) atoms. The highest BCUT2D eigenvalue weighted by molar-refractivity contribution is 6.00. The second-order valence-corrected chi connectivity index (χ2v) is 12.9. The molecule has 0 fully saturated rings. The number of nitrogens with zero attached hydrogens (tertiary/aromatic N) is 1. The van der Waals surface area contributed by atoms with E-state index in [4.69, 9.17) is 4.99 Å². The van der Waals surface area contributed by atoms with Crippen LogP contribution in [0, 0.1) is 5.92 Å². The van der Waals surface area contributed by atoms with E-state index in [9.17, 15) is 0 Å². The molecule has 0 saturated heterocycles. The van der Waals surface area contributed by atoms with Gasteiger partial charge in [0.2, 0.25) is 0 Å². The summed E-state index contributed by atoms with van der Waals surface area (Å²) in [5.74, 6) is 0.814. The second-order valence-electron chi connectivity index (χ2n) is 12.9. The first kappa shape index (κ1) is 32.0. The summed E-state index contributed by atoms with van der Waals surface area (Å²) in [5.41, 5.74) is 16.2. The van der Waals surface area contributed by atoms with Crippen LogP contribution >= 0.6 is 0 Å². The maximum Gasteiger partial charge on any atom is 0.0630 e. The van der Waals surface area contributed by atoms with Crippen LogP contribution in [0.1, 0.15) is 67.3 Å². The van der Waals surface area contributed by atoms with Gasteiger partial charge in [-0.1, -0.05) is 152 Å². The first-order valence-corrected chi connectivity index (χ1v) is 16.8. The Bertz CT molecular complexity index is 1940. The lowest BCUT2D eigenvalue weighted by molar-refractivity contribution is 0.686. The number of aliphatic imine (C=N–C) groups is 1. The molecule has 0 spiro atoms. The quantitative estimate of drug-likeness (QED) is 0.125. The topological polar surface area (TPSA) is 12.4 Å². The Balaban J connectivity index is 1.19. The highest BCUT2D eigenvalue weighted by Crippen LogP contribution is 2.41. The molecule has 2 aliphatic carbocycles. The number of benzene rings is 4. The van der Waals surface area contributed by atoms with Crippen LogP contribution in [0.15, 0.2) is 174 Å². The van der Waals surface area contributed by atoms with Gasteiger partial charge in [0, 0.05) is 11.6 Å². The second kappa shape index (κ2) is 14.6. The molecule has 0 aromatic heterocycles. The smallest absolute Gasteiger partial charge is 0.0630 e. The predicted octanol–water partition coefficient (Wildman–Crippen LogP) is 12.1. The van der Waals surface area contributed by atoms with Crippen LogP contribution in [0.5, 0.6) is 0 Å². The van der Waals surface area contributed by atoms with Crippen molar-refractivity contribution in [1.82, 2.24) is 0 Å². The minimum Gasteiger partial charge on any atom is -0.253 e. The first-order valence-electron chi connectivity index (χ1n) is 16.8. The van der Waals surface area contributed by atoms with E-state index in [0.29, 0.717) is 11.8 Å². The molecule has 6 rings (SSSR count). The Kier molecular flexibility index (Phi) is 9.93. The summed E-state index contributed by atoms with van der Waals surface area (Å²) in [4.78, 5) is 5.00. The van der Waals surface area contributed by atoms with Gasteiger partial charge >= 0.3 is 0 Å². The van der Waals surface area contributed by atoms with Crippen molar-refractivity contribution in [2.24, 2.45) is 10.9 Å². The minimum atomic E-state index is 0.406. The molecule has 0 saturated carbocycles. The van der Waals surface area contributed by atoms with Crippen molar-refractivity contribution in [2.75, 3.05) is 0 Å². The van der Waals surface area contributed by atoms with E-state index in [-0.39, 0.29) is 0 Å². The summed E-state index contributed by atoms with van der Waals surface area (Å²) < 4.78 is 0.